The van der Waals surface area contributed by atoms with Crippen LogP contribution < -0.4 is 5.73 Å². The fraction of sp³-hybridized carbons (Fsp3) is 0.300. The average Bonchev–Trinajstić information content (AvgIpc) is 2.30. The maximum absolute atomic E-state index is 13.2. The minimum Gasteiger partial charge on any atom is -0.507 e. The van der Waals surface area contributed by atoms with E-state index >= 15 is 0 Å². The number of halogens is 4. The number of aromatic carboxylic acids is 1. The van der Waals surface area contributed by atoms with Gasteiger partial charge in [0, 0.05) is 10.0 Å². The third-order valence-corrected chi connectivity index (χ3v) is 2.79. The lowest BCUT2D eigenvalue weighted by atomic mass is 9.98. The molecule has 0 aliphatic carbocycles. The van der Waals surface area contributed by atoms with Gasteiger partial charge in [-0.3, -0.25) is 0 Å². The number of benzene rings is 1. The van der Waals surface area contributed by atoms with Crippen LogP contribution in [-0.2, 0) is 0 Å². The number of aromatic hydroxyl groups is 1. The number of hydrogen-bond donors (Lipinski definition) is 4. The number of nitrogens with two attached hydrogens (primary N) is 1. The van der Waals surface area contributed by atoms with Gasteiger partial charge < -0.3 is 21.1 Å². The standard InChI is InChI=1S/C10H10BrF2NO4.ClH/c11-4-1-5(8(14)10(12,13)3-15)7(16)6(2-4)9(17)18;/h1-2,8,15-16H,3,14H2,(H,17,18);1H/t8-;/m0./s1. The Morgan fingerprint density at radius 3 is 2.42 bits per heavy atom. The molecule has 0 aliphatic rings. The molecular formula is C10H11BrClF2NO4. The number of alkyl halides is 2. The summed E-state index contributed by atoms with van der Waals surface area (Å²) in [4.78, 5) is 10.8. The van der Waals surface area contributed by atoms with E-state index < -0.39 is 41.4 Å². The van der Waals surface area contributed by atoms with E-state index in [9.17, 15) is 18.7 Å². The molecule has 0 saturated heterocycles. The highest BCUT2D eigenvalue weighted by Gasteiger charge is 2.39. The van der Waals surface area contributed by atoms with Crippen LogP contribution in [-0.4, -0.2) is 33.8 Å². The van der Waals surface area contributed by atoms with Crippen LogP contribution in [0, 0.1) is 0 Å². The Bertz CT molecular complexity index is 487. The minimum atomic E-state index is -3.67. The first kappa shape index (κ1) is 18.0. The van der Waals surface area contributed by atoms with Gasteiger partial charge in [-0.05, 0) is 12.1 Å². The summed E-state index contributed by atoms with van der Waals surface area (Å²) in [5, 5.41) is 26.9. The summed E-state index contributed by atoms with van der Waals surface area (Å²) in [6.07, 6.45) is 0. The lowest BCUT2D eigenvalue weighted by Crippen LogP contribution is -2.36. The van der Waals surface area contributed by atoms with Crippen molar-refractivity contribution in [2.75, 3.05) is 6.61 Å². The summed E-state index contributed by atoms with van der Waals surface area (Å²) in [7, 11) is 0. The number of hydrogen-bond acceptors (Lipinski definition) is 4. The van der Waals surface area contributed by atoms with Crippen molar-refractivity contribution in [3.8, 4) is 5.75 Å². The molecule has 1 aromatic carbocycles. The van der Waals surface area contributed by atoms with Crippen molar-refractivity contribution >= 4 is 34.3 Å². The molecule has 0 heterocycles. The first-order valence-corrected chi connectivity index (χ1v) is 5.50. The average molecular weight is 363 g/mol. The smallest absolute Gasteiger partial charge is 0.339 e. The van der Waals surface area contributed by atoms with Crippen molar-refractivity contribution in [2.24, 2.45) is 5.73 Å². The molecule has 0 spiro atoms. The Morgan fingerprint density at radius 1 is 1.47 bits per heavy atom. The normalized spacial score (nSPS) is 12.7. The second-order valence-electron chi connectivity index (χ2n) is 3.59. The molecule has 5 N–H and O–H groups in total. The Hall–Kier alpha value is -0.960. The summed E-state index contributed by atoms with van der Waals surface area (Å²) < 4.78 is 26.6. The summed E-state index contributed by atoms with van der Waals surface area (Å²) >= 11 is 2.94. The molecule has 1 rings (SSSR count). The van der Waals surface area contributed by atoms with Gasteiger partial charge in [0.25, 0.3) is 5.92 Å². The summed E-state index contributed by atoms with van der Waals surface area (Å²) in [6.45, 7) is -1.51. The number of aliphatic hydroxyl groups is 1. The molecule has 0 aliphatic heterocycles. The maximum Gasteiger partial charge on any atom is 0.339 e. The lowest BCUT2D eigenvalue weighted by Gasteiger charge is -2.23. The Labute approximate surface area is 121 Å². The number of carbonyl (C=O) groups is 1. The molecule has 19 heavy (non-hydrogen) atoms. The van der Waals surface area contributed by atoms with Gasteiger partial charge in [-0.25, -0.2) is 13.6 Å². The molecule has 0 aromatic heterocycles. The van der Waals surface area contributed by atoms with Crippen LogP contribution in [0.1, 0.15) is 22.0 Å². The summed E-state index contributed by atoms with van der Waals surface area (Å²) in [5.41, 5.74) is 4.23. The van der Waals surface area contributed by atoms with Gasteiger partial charge in [0.15, 0.2) is 0 Å². The van der Waals surface area contributed by atoms with Crippen LogP contribution in [0.25, 0.3) is 0 Å². The van der Waals surface area contributed by atoms with Gasteiger partial charge >= 0.3 is 5.97 Å². The van der Waals surface area contributed by atoms with Gasteiger partial charge in [0.05, 0.1) is 0 Å². The zero-order valence-corrected chi connectivity index (χ0v) is 11.7. The topological polar surface area (TPSA) is 104 Å². The van der Waals surface area contributed by atoms with Crippen LogP contribution in [0.3, 0.4) is 0 Å². The molecule has 9 heteroatoms. The lowest BCUT2D eigenvalue weighted by molar-refractivity contribution is -0.0716. The van der Waals surface area contributed by atoms with Crippen LogP contribution in [0.15, 0.2) is 16.6 Å². The number of aliphatic hydroxyl groups excluding tert-OH is 1. The first-order valence-electron chi connectivity index (χ1n) is 4.70. The number of carboxylic acid groups (broad SMARTS) is 1. The van der Waals surface area contributed by atoms with Gasteiger partial charge in [-0.2, -0.15) is 0 Å². The summed E-state index contributed by atoms with van der Waals surface area (Å²) in [5.74, 6) is -5.99. The zero-order chi connectivity index (χ0) is 14.1. The number of rotatable bonds is 4. The van der Waals surface area contributed by atoms with E-state index in [1.807, 2.05) is 0 Å². The molecule has 1 atom stereocenters. The molecule has 1 aromatic rings. The second kappa shape index (κ2) is 6.47. The molecule has 0 bridgehead atoms. The van der Waals surface area contributed by atoms with Gasteiger partial charge in [0.2, 0.25) is 0 Å². The molecule has 0 radical (unpaired) electrons. The van der Waals surface area contributed by atoms with Crippen LogP contribution in [0.4, 0.5) is 8.78 Å². The highest BCUT2D eigenvalue weighted by molar-refractivity contribution is 9.10. The van der Waals surface area contributed by atoms with Gasteiger partial charge in [-0.1, -0.05) is 15.9 Å². The van der Waals surface area contributed by atoms with Crippen molar-refractivity contribution in [1.29, 1.82) is 0 Å². The SMILES string of the molecule is Cl.N[C@@H](c1cc(Br)cc(C(=O)O)c1O)C(F)(F)CO. The van der Waals surface area contributed by atoms with Crippen molar-refractivity contribution in [2.45, 2.75) is 12.0 Å². The third kappa shape index (κ3) is 3.75. The molecule has 5 nitrogen and oxygen atoms in total. The van der Waals surface area contributed by atoms with E-state index in [0.717, 1.165) is 12.1 Å². The molecule has 0 amide bonds. The fourth-order valence-corrected chi connectivity index (χ4v) is 1.82. The molecule has 0 unspecified atom stereocenters. The largest absolute Gasteiger partial charge is 0.507 e. The highest BCUT2D eigenvalue weighted by Crippen LogP contribution is 2.37. The van der Waals surface area contributed by atoms with E-state index in [4.69, 9.17) is 15.9 Å². The number of phenols is 1. The number of carboxylic acids is 1. The molecule has 0 saturated carbocycles. The quantitative estimate of drug-likeness (QED) is 0.655. The van der Waals surface area contributed by atoms with Crippen molar-refractivity contribution in [1.82, 2.24) is 0 Å². The maximum atomic E-state index is 13.2. The van der Waals surface area contributed by atoms with Gasteiger partial charge in [-0.15, -0.1) is 12.4 Å². The van der Waals surface area contributed by atoms with Crippen molar-refractivity contribution < 1.29 is 28.9 Å². The third-order valence-electron chi connectivity index (χ3n) is 2.34. The van der Waals surface area contributed by atoms with Crippen molar-refractivity contribution in [3.05, 3.63) is 27.7 Å². The predicted octanol–water partition coefficient (Wildman–Crippen LogP) is 1.90. The predicted molar refractivity (Wildman–Crippen MR) is 69.0 cm³/mol. The first-order chi connectivity index (χ1) is 8.20. The van der Waals surface area contributed by atoms with Crippen LogP contribution in [0.2, 0.25) is 0 Å². The molecular weight excluding hydrogens is 351 g/mol. The molecule has 108 valence electrons. The van der Waals surface area contributed by atoms with E-state index in [-0.39, 0.29) is 16.9 Å². The van der Waals surface area contributed by atoms with Crippen molar-refractivity contribution in [3.63, 3.8) is 0 Å². The van der Waals surface area contributed by atoms with Gasteiger partial charge in [0.1, 0.15) is 24.0 Å². The van der Waals surface area contributed by atoms with E-state index in [0.29, 0.717) is 0 Å². The zero-order valence-electron chi connectivity index (χ0n) is 9.31. The van der Waals surface area contributed by atoms with E-state index in [2.05, 4.69) is 15.9 Å². The summed E-state index contributed by atoms with van der Waals surface area (Å²) in [6, 6.07) is 0.124. The van der Waals surface area contributed by atoms with E-state index in [1.54, 1.807) is 0 Å². The van der Waals surface area contributed by atoms with E-state index in [1.165, 1.54) is 0 Å². The highest BCUT2D eigenvalue weighted by atomic mass is 79.9. The van der Waals surface area contributed by atoms with Crippen LogP contribution in [0.5, 0.6) is 5.75 Å². The monoisotopic (exact) mass is 361 g/mol. The van der Waals surface area contributed by atoms with Crippen LogP contribution >= 0.6 is 28.3 Å². The minimum absolute atomic E-state index is 0. The second-order valence-corrected chi connectivity index (χ2v) is 4.51. The Morgan fingerprint density at radius 2 is 2.00 bits per heavy atom. The Kier molecular flexibility index (Phi) is 6.14. The molecule has 0 fully saturated rings. The Balaban J connectivity index is 0.00000324. The fourth-order valence-electron chi connectivity index (χ4n) is 1.35.